The Kier molecular flexibility index (Phi) is 5.77. The maximum atomic E-state index is 12.3. The second-order valence-electron chi connectivity index (χ2n) is 4.66. The van der Waals surface area contributed by atoms with E-state index in [-0.39, 0.29) is 5.91 Å². The molecule has 0 saturated carbocycles. The number of nitrogens with two attached hydrogens (primary N) is 1. The Balaban J connectivity index is 1.90. The molecule has 1 aromatic carbocycles. The fourth-order valence-corrected chi connectivity index (χ4v) is 2.80. The molecule has 0 aliphatic rings. The maximum Gasteiger partial charge on any atom is 0.227 e. The zero-order valence-corrected chi connectivity index (χ0v) is 12.3. The summed E-state index contributed by atoms with van der Waals surface area (Å²) >= 11 is 1.62. The average Bonchev–Trinajstić information content (AvgIpc) is 2.97. The van der Waals surface area contributed by atoms with Crippen LogP contribution in [0.15, 0.2) is 47.8 Å². The van der Waals surface area contributed by atoms with E-state index < -0.39 is 0 Å². The van der Waals surface area contributed by atoms with E-state index >= 15 is 0 Å². The molecule has 0 aliphatic heterocycles. The van der Waals surface area contributed by atoms with Crippen LogP contribution >= 0.6 is 11.3 Å². The largest absolute Gasteiger partial charge is 0.341 e. The number of hydrogen-bond acceptors (Lipinski definition) is 3. The first kappa shape index (κ1) is 14.8. The smallest absolute Gasteiger partial charge is 0.227 e. The van der Waals surface area contributed by atoms with Gasteiger partial charge in [-0.05, 0) is 23.4 Å². The number of hydrogen-bond donors (Lipinski definition) is 1. The lowest BCUT2D eigenvalue weighted by Crippen LogP contribution is -2.37. The number of rotatable bonds is 7. The summed E-state index contributed by atoms with van der Waals surface area (Å²) in [5.74, 6) is 0.161. The first-order valence-electron chi connectivity index (χ1n) is 6.83. The molecular formula is C16H20N2OS. The minimum atomic E-state index is 0.161. The Morgan fingerprint density at radius 2 is 1.90 bits per heavy atom. The van der Waals surface area contributed by atoms with E-state index in [9.17, 15) is 4.79 Å². The molecule has 2 rings (SSSR count). The van der Waals surface area contributed by atoms with Crippen molar-refractivity contribution in [2.45, 2.75) is 12.8 Å². The predicted octanol–water partition coefficient (Wildman–Crippen LogP) is 2.32. The first-order valence-corrected chi connectivity index (χ1v) is 7.71. The molecule has 1 heterocycles. The summed E-state index contributed by atoms with van der Waals surface area (Å²) in [5, 5.41) is 2.00. The van der Waals surface area contributed by atoms with Gasteiger partial charge in [-0.25, -0.2) is 0 Å². The molecule has 0 fully saturated rings. The summed E-state index contributed by atoms with van der Waals surface area (Å²) in [6.45, 7) is 1.85. The number of nitrogens with zero attached hydrogens (tertiary/aromatic N) is 1. The molecule has 0 atom stereocenters. The summed E-state index contributed by atoms with van der Waals surface area (Å²) in [6.07, 6.45) is 1.35. The van der Waals surface area contributed by atoms with Gasteiger partial charge in [0.15, 0.2) is 0 Å². The zero-order chi connectivity index (χ0) is 14.2. The summed E-state index contributed by atoms with van der Waals surface area (Å²) in [4.78, 5) is 15.3. The zero-order valence-electron chi connectivity index (χ0n) is 11.5. The Morgan fingerprint density at radius 3 is 2.55 bits per heavy atom. The molecule has 0 radical (unpaired) electrons. The van der Waals surface area contributed by atoms with E-state index in [0.29, 0.717) is 19.5 Å². The van der Waals surface area contributed by atoms with Crippen molar-refractivity contribution in [2.75, 3.05) is 19.6 Å². The van der Waals surface area contributed by atoms with Gasteiger partial charge >= 0.3 is 0 Å². The number of benzene rings is 1. The van der Waals surface area contributed by atoms with Crippen LogP contribution in [0.2, 0.25) is 0 Å². The van der Waals surface area contributed by atoms with Gasteiger partial charge in [0.1, 0.15) is 0 Å². The van der Waals surface area contributed by atoms with Crippen molar-refractivity contribution < 1.29 is 4.79 Å². The highest BCUT2D eigenvalue weighted by molar-refractivity contribution is 7.10. The second kappa shape index (κ2) is 7.82. The Labute approximate surface area is 124 Å². The fourth-order valence-electron chi connectivity index (χ4n) is 2.10. The molecule has 0 spiro atoms. The minimum Gasteiger partial charge on any atom is -0.341 e. The van der Waals surface area contributed by atoms with Crippen LogP contribution in [0, 0.1) is 0 Å². The normalized spacial score (nSPS) is 10.4. The number of thiophene rings is 1. The summed E-state index contributed by atoms with van der Waals surface area (Å²) in [6, 6.07) is 14.2. The predicted molar refractivity (Wildman–Crippen MR) is 83.8 cm³/mol. The quantitative estimate of drug-likeness (QED) is 0.850. The van der Waals surface area contributed by atoms with Crippen LogP contribution in [-0.2, 0) is 17.6 Å². The number of amides is 1. The van der Waals surface area contributed by atoms with E-state index in [0.717, 1.165) is 17.8 Å². The fraction of sp³-hybridized carbons (Fsp3) is 0.312. The first-order chi connectivity index (χ1) is 9.79. The molecule has 1 aromatic heterocycles. The molecule has 20 heavy (non-hydrogen) atoms. The van der Waals surface area contributed by atoms with Crippen LogP contribution in [0.3, 0.4) is 0 Å². The van der Waals surface area contributed by atoms with Crippen molar-refractivity contribution in [3.05, 3.63) is 58.3 Å². The maximum absolute atomic E-state index is 12.3. The highest BCUT2D eigenvalue weighted by Crippen LogP contribution is 2.11. The molecule has 2 N–H and O–H groups in total. The van der Waals surface area contributed by atoms with Crippen LogP contribution in [0.4, 0.5) is 0 Å². The standard InChI is InChI=1S/C16H20N2OS/c17-9-11-18(10-8-14-5-2-1-3-6-14)16(19)13-15-7-4-12-20-15/h1-7,12H,8-11,13,17H2. The molecule has 0 saturated heterocycles. The molecule has 0 aliphatic carbocycles. The third-order valence-corrected chi connectivity index (χ3v) is 4.05. The van der Waals surface area contributed by atoms with Crippen molar-refractivity contribution in [3.8, 4) is 0 Å². The summed E-state index contributed by atoms with van der Waals surface area (Å²) in [7, 11) is 0. The van der Waals surface area contributed by atoms with E-state index in [4.69, 9.17) is 5.73 Å². The molecule has 3 nitrogen and oxygen atoms in total. The molecule has 0 bridgehead atoms. The lowest BCUT2D eigenvalue weighted by molar-refractivity contribution is -0.130. The van der Waals surface area contributed by atoms with Gasteiger partial charge in [0.05, 0.1) is 6.42 Å². The van der Waals surface area contributed by atoms with Crippen LogP contribution in [0.1, 0.15) is 10.4 Å². The molecule has 106 valence electrons. The average molecular weight is 288 g/mol. The molecular weight excluding hydrogens is 268 g/mol. The van der Waals surface area contributed by atoms with Gasteiger partial charge in [0, 0.05) is 24.5 Å². The van der Waals surface area contributed by atoms with Gasteiger partial charge in [-0.15, -0.1) is 11.3 Å². The monoisotopic (exact) mass is 288 g/mol. The molecule has 0 unspecified atom stereocenters. The molecule has 1 amide bonds. The number of carbonyl (C=O) groups excluding carboxylic acids is 1. The van der Waals surface area contributed by atoms with Gasteiger partial charge in [0.2, 0.25) is 5.91 Å². The molecule has 4 heteroatoms. The Bertz CT molecular complexity index is 511. The highest BCUT2D eigenvalue weighted by Gasteiger charge is 2.13. The number of carbonyl (C=O) groups is 1. The Hall–Kier alpha value is -1.65. The SMILES string of the molecule is NCCN(CCc1ccccc1)C(=O)Cc1cccs1. The van der Waals surface area contributed by atoms with Gasteiger partial charge < -0.3 is 10.6 Å². The van der Waals surface area contributed by atoms with Crippen molar-refractivity contribution >= 4 is 17.2 Å². The van der Waals surface area contributed by atoms with Crippen LogP contribution < -0.4 is 5.73 Å². The van der Waals surface area contributed by atoms with Gasteiger partial charge in [0.25, 0.3) is 0 Å². The summed E-state index contributed by atoms with van der Waals surface area (Å²) in [5.41, 5.74) is 6.87. The van der Waals surface area contributed by atoms with E-state index in [1.807, 2.05) is 40.6 Å². The van der Waals surface area contributed by atoms with Crippen LogP contribution in [0.5, 0.6) is 0 Å². The Morgan fingerprint density at radius 1 is 1.10 bits per heavy atom. The van der Waals surface area contributed by atoms with Crippen molar-refractivity contribution in [1.29, 1.82) is 0 Å². The lowest BCUT2D eigenvalue weighted by Gasteiger charge is -2.22. The van der Waals surface area contributed by atoms with Gasteiger partial charge in [-0.2, -0.15) is 0 Å². The summed E-state index contributed by atoms with van der Waals surface area (Å²) < 4.78 is 0. The van der Waals surface area contributed by atoms with E-state index in [2.05, 4.69) is 12.1 Å². The topological polar surface area (TPSA) is 46.3 Å². The van der Waals surface area contributed by atoms with Crippen LogP contribution in [-0.4, -0.2) is 30.4 Å². The van der Waals surface area contributed by atoms with Crippen molar-refractivity contribution in [2.24, 2.45) is 5.73 Å². The second-order valence-corrected chi connectivity index (χ2v) is 5.69. The minimum absolute atomic E-state index is 0.161. The highest BCUT2D eigenvalue weighted by atomic mass is 32.1. The third kappa shape index (κ3) is 4.47. The van der Waals surface area contributed by atoms with E-state index in [1.54, 1.807) is 11.3 Å². The van der Waals surface area contributed by atoms with Crippen molar-refractivity contribution in [1.82, 2.24) is 4.90 Å². The van der Waals surface area contributed by atoms with E-state index in [1.165, 1.54) is 5.56 Å². The molecule has 2 aromatic rings. The van der Waals surface area contributed by atoms with Crippen LogP contribution in [0.25, 0.3) is 0 Å². The van der Waals surface area contributed by atoms with Crippen molar-refractivity contribution in [3.63, 3.8) is 0 Å². The third-order valence-electron chi connectivity index (χ3n) is 3.17. The van der Waals surface area contributed by atoms with Gasteiger partial charge in [-0.1, -0.05) is 36.4 Å². The van der Waals surface area contributed by atoms with Gasteiger partial charge in [-0.3, -0.25) is 4.79 Å². The lowest BCUT2D eigenvalue weighted by atomic mass is 10.1.